The number of halogens is 1. The first-order valence-corrected chi connectivity index (χ1v) is 5.50. The van der Waals surface area contributed by atoms with Crippen LogP contribution in [0.25, 0.3) is 0 Å². The molecule has 0 radical (unpaired) electrons. The lowest BCUT2D eigenvalue weighted by atomic mass is 10.3. The number of carbonyl (C=O) groups excluding carboxylic acids is 1. The first-order chi connectivity index (χ1) is 7.25. The smallest absolute Gasteiger partial charge is 0.254 e. The van der Waals surface area contributed by atoms with E-state index in [2.05, 4.69) is 5.32 Å². The average molecular weight is 242 g/mol. The van der Waals surface area contributed by atoms with E-state index >= 15 is 0 Å². The van der Waals surface area contributed by atoms with E-state index < -0.39 is 0 Å². The molecule has 2 heterocycles. The van der Waals surface area contributed by atoms with Crippen LogP contribution in [0.2, 0.25) is 4.34 Å². The number of hydrogen-bond donors (Lipinski definition) is 1. The van der Waals surface area contributed by atoms with Gasteiger partial charge in [-0.05, 0) is 18.2 Å². The van der Waals surface area contributed by atoms with Gasteiger partial charge in [0.2, 0.25) is 0 Å². The molecule has 0 saturated carbocycles. The third-order valence-electron chi connectivity index (χ3n) is 1.84. The minimum absolute atomic E-state index is 0.145. The molecule has 0 unspecified atom stereocenters. The van der Waals surface area contributed by atoms with Gasteiger partial charge in [0.1, 0.15) is 6.26 Å². The molecule has 1 N–H and O–H groups in total. The van der Waals surface area contributed by atoms with Gasteiger partial charge in [0.05, 0.1) is 22.7 Å². The van der Waals surface area contributed by atoms with Crippen molar-refractivity contribution in [3.05, 3.63) is 45.5 Å². The van der Waals surface area contributed by atoms with Crippen LogP contribution in [0.5, 0.6) is 0 Å². The van der Waals surface area contributed by atoms with E-state index in [1.807, 2.05) is 12.1 Å². The SMILES string of the molecule is O=C(NCc1ccc(Cl)s1)c1ccoc1. The van der Waals surface area contributed by atoms with Crippen molar-refractivity contribution in [2.45, 2.75) is 6.54 Å². The maximum Gasteiger partial charge on any atom is 0.254 e. The monoisotopic (exact) mass is 241 g/mol. The van der Waals surface area contributed by atoms with Crippen LogP contribution < -0.4 is 5.32 Å². The van der Waals surface area contributed by atoms with Gasteiger partial charge in [-0.15, -0.1) is 11.3 Å². The minimum Gasteiger partial charge on any atom is -0.472 e. The van der Waals surface area contributed by atoms with Gasteiger partial charge in [-0.2, -0.15) is 0 Å². The molecule has 3 nitrogen and oxygen atoms in total. The zero-order chi connectivity index (χ0) is 10.7. The predicted molar refractivity (Wildman–Crippen MR) is 59.2 cm³/mol. The van der Waals surface area contributed by atoms with Gasteiger partial charge in [0, 0.05) is 4.88 Å². The summed E-state index contributed by atoms with van der Waals surface area (Å²) in [6.07, 6.45) is 2.88. The Labute approximate surface area is 95.7 Å². The molecule has 2 aromatic rings. The maximum absolute atomic E-state index is 11.5. The number of hydrogen-bond acceptors (Lipinski definition) is 3. The van der Waals surface area contributed by atoms with Crippen LogP contribution >= 0.6 is 22.9 Å². The Morgan fingerprint density at radius 3 is 2.93 bits per heavy atom. The molecule has 0 aliphatic rings. The highest BCUT2D eigenvalue weighted by Gasteiger charge is 2.06. The van der Waals surface area contributed by atoms with Crippen LogP contribution in [0.15, 0.2) is 35.1 Å². The molecule has 0 bridgehead atoms. The summed E-state index contributed by atoms with van der Waals surface area (Å²) in [6.45, 7) is 0.488. The second-order valence-corrected chi connectivity index (χ2v) is 4.70. The Morgan fingerprint density at radius 1 is 1.47 bits per heavy atom. The van der Waals surface area contributed by atoms with Crippen molar-refractivity contribution in [2.24, 2.45) is 0 Å². The second-order valence-electron chi connectivity index (χ2n) is 2.90. The lowest BCUT2D eigenvalue weighted by Crippen LogP contribution is -2.21. The van der Waals surface area contributed by atoms with Gasteiger partial charge in [0.15, 0.2) is 0 Å². The largest absolute Gasteiger partial charge is 0.472 e. The van der Waals surface area contributed by atoms with Gasteiger partial charge in [0.25, 0.3) is 5.91 Å². The maximum atomic E-state index is 11.5. The predicted octanol–water partition coefficient (Wildman–Crippen LogP) is 2.92. The molecule has 0 fully saturated rings. The third kappa shape index (κ3) is 2.61. The minimum atomic E-state index is -0.145. The van der Waals surface area contributed by atoms with Crippen molar-refractivity contribution in [1.82, 2.24) is 5.32 Å². The molecule has 0 spiro atoms. The van der Waals surface area contributed by atoms with E-state index in [-0.39, 0.29) is 5.91 Å². The number of carbonyl (C=O) groups is 1. The number of furan rings is 1. The summed E-state index contributed by atoms with van der Waals surface area (Å²) in [4.78, 5) is 12.5. The molecule has 2 rings (SSSR count). The third-order valence-corrected chi connectivity index (χ3v) is 3.07. The molecule has 0 aromatic carbocycles. The van der Waals surface area contributed by atoms with E-state index in [4.69, 9.17) is 16.0 Å². The Hall–Kier alpha value is -1.26. The van der Waals surface area contributed by atoms with E-state index in [0.29, 0.717) is 12.1 Å². The van der Waals surface area contributed by atoms with Gasteiger partial charge in [-0.25, -0.2) is 0 Å². The molecular weight excluding hydrogens is 234 g/mol. The fraction of sp³-hybridized carbons (Fsp3) is 0.100. The van der Waals surface area contributed by atoms with Crippen LogP contribution in [0.4, 0.5) is 0 Å². The van der Waals surface area contributed by atoms with Gasteiger partial charge >= 0.3 is 0 Å². The molecule has 78 valence electrons. The lowest BCUT2D eigenvalue weighted by Gasteiger charge is -1.99. The first kappa shape index (κ1) is 10.3. The van der Waals surface area contributed by atoms with Crippen molar-refractivity contribution in [3.63, 3.8) is 0 Å². The van der Waals surface area contributed by atoms with Crippen LogP contribution in [0, 0.1) is 0 Å². The zero-order valence-corrected chi connectivity index (χ0v) is 9.27. The van der Waals surface area contributed by atoms with Crippen LogP contribution in [0.3, 0.4) is 0 Å². The summed E-state index contributed by atoms with van der Waals surface area (Å²) in [7, 11) is 0. The number of rotatable bonds is 3. The molecule has 0 aliphatic heterocycles. The summed E-state index contributed by atoms with van der Waals surface area (Å²) in [5, 5.41) is 2.77. The lowest BCUT2D eigenvalue weighted by molar-refractivity contribution is 0.0950. The van der Waals surface area contributed by atoms with E-state index in [1.165, 1.54) is 23.9 Å². The van der Waals surface area contributed by atoms with Crippen molar-refractivity contribution in [1.29, 1.82) is 0 Å². The van der Waals surface area contributed by atoms with E-state index in [0.717, 1.165) is 9.21 Å². The van der Waals surface area contributed by atoms with Crippen molar-refractivity contribution >= 4 is 28.8 Å². The Morgan fingerprint density at radius 2 is 2.33 bits per heavy atom. The summed E-state index contributed by atoms with van der Waals surface area (Å²) < 4.78 is 5.54. The standard InChI is InChI=1S/C10H8ClNO2S/c11-9-2-1-8(15-9)5-12-10(13)7-3-4-14-6-7/h1-4,6H,5H2,(H,12,13). The van der Waals surface area contributed by atoms with Crippen molar-refractivity contribution in [3.8, 4) is 0 Å². The number of nitrogens with one attached hydrogen (secondary N) is 1. The van der Waals surface area contributed by atoms with Gasteiger partial charge in [-0.1, -0.05) is 11.6 Å². The van der Waals surface area contributed by atoms with Crippen LogP contribution in [0.1, 0.15) is 15.2 Å². The fourth-order valence-corrected chi connectivity index (χ4v) is 2.14. The number of amides is 1. The molecular formula is C10H8ClNO2S. The molecule has 0 saturated heterocycles. The highest BCUT2D eigenvalue weighted by molar-refractivity contribution is 7.16. The first-order valence-electron chi connectivity index (χ1n) is 4.30. The molecule has 5 heteroatoms. The Bertz CT molecular complexity index is 450. The highest BCUT2D eigenvalue weighted by atomic mass is 35.5. The number of thiophene rings is 1. The fourth-order valence-electron chi connectivity index (χ4n) is 1.11. The summed E-state index contributed by atoms with van der Waals surface area (Å²) in [5.74, 6) is -0.145. The quantitative estimate of drug-likeness (QED) is 0.898. The zero-order valence-electron chi connectivity index (χ0n) is 7.70. The molecule has 0 atom stereocenters. The Balaban J connectivity index is 1.91. The molecule has 15 heavy (non-hydrogen) atoms. The van der Waals surface area contributed by atoms with E-state index in [1.54, 1.807) is 6.07 Å². The normalized spacial score (nSPS) is 10.2. The summed E-state index contributed by atoms with van der Waals surface area (Å²) in [6, 6.07) is 5.32. The van der Waals surface area contributed by atoms with Gasteiger partial charge < -0.3 is 9.73 Å². The Kier molecular flexibility index (Phi) is 3.08. The van der Waals surface area contributed by atoms with Gasteiger partial charge in [-0.3, -0.25) is 4.79 Å². The average Bonchev–Trinajstić information content (AvgIpc) is 2.84. The van der Waals surface area contributed by atoms with Crippen molar-refractivity contribution in [2.75, 3.05) is 0 Å². The van der Waals surface area contributed by atoms with Crippen LogP contribution in [-0.4, -0.2) is 5.91 Å². The second kappa shape index (κ2) is 4.51. The molecule has 0 aliphatic carbocycles. The summed E-state index contributed by atoms with van der Waals surface area (Å²) in [5.41, 5.74) is 0.526. The summed E-state index contributed by atoms with van der Waals surface area (Å²) >= 11 is 7.22. The highest BCUT2D eigenvalue weighted by Crippen LogP contribution is 2.21. The van der Waals surface area contributed by atoms with Crippen molar-refractivity contribution < 1.29 is 9.21 Å². The van der Waals surface area contributed by atoms with E-state index in [9.17, 15) is 4.79 Å². The topological polar surface area (TPSA) is 42.2 Å². The van der Waals surface area contributed by atoms with Crippen LogP contribution in [-0.2, 0) is 6.54 Å². The molecule has 2 aromatic heterocycles. The molecule has 1 amide bonds.